The molecule has 5 rings (SSSR count). The quantitative estimate of drug-likeness (QED) is 0.219. The van der Waals surface area contributed by atoms with E-state index in [4.69, 9.17) is 10.00 Å². The van der Waals surface area contributed by atoms with Crippen LogP contribution in [0.5, 0.6) is 5.75 Å². The number of aromatic nitrogens is 2. The second-order valence-corrected chi connectivity index (χ2v) is 10.3. The molecule has 3 amide bonds. The number of likely N-dealkylation sites (tertiary alicyclic amines) is 1. The highest BCUT2D eigenvalue weighted by Crippen LogP contribution is 2.28. The van der Waals surface area contributed by atoms with Crippen LogP contribution in [0.15, 0.2) is 30.3 Å². The number of aryl methyl sites for hydroxylation is 1. The van der Waals surface area contributed by atoms with Crippen molar-refractivity contribution in [3.05, 3.63) is 47.0 Å². The number of anilines is 2. The summed E-state index contributed by atoms with van der Waals surface area (Å²) in [5.74, 6) is 1.11. The molecule has 1 saturated heterocycles. The number of fused-ring (bicyclic) bond motifs is 2. The zero-order chi connectivity index (χ0) is 28.2. The van der Waals surface area contributed by atoms with Crippen molar-refractivity contribution in [1.29, 1.82) is 5.26 Å². The number of amides is 3. The predicted molar refractivity (Wildman–Crippen MR) is 150 cm³/mol. The molecular formula is C29H33N7O4. The molecule has 2 aromatic carbocycles. The number of carbonyl (C=O) groups is 3. The molecule has 208 valence electrons. The van der Waals surface area contributed by atoms with Crippen molar-refractivity contribution in [3.8, 4) is 11.9 Å². The molecule has 1 fully saturated rings. The minimum Gasteiger partial charge on any atom is -0.497 e. The summed E-state index contributed by atoms with van der Waals surface area (Å²) in [4.78, 5) is 49.7. The summed E-state index contributed by atoms with van der Waals surface area (Å²) in [5, 5.41) is 14.3. The number of rotatable bonds is 8. The molecule has 0 atom stereocenters. The Balaban J connectivity index is 1.09. The van der Waals surface area contributed by atoms with Crippen LogP contribution in [-0.2, 0) is 11.2 Å². The zero-order valence-corrected chi connectivity index (χ0v) is 22.7. The highest BCUT2D eigenvalue weighted by atomic mass is 16.5. The van der Waals surface area contributed by atoms with E-state index in [-0.39, 0.29) is 30.2 Å². The molecule has 0 bridgehead atoms. The van der Waals surface area contributed by atoms with Crippen LogP contribution in [-0.4, -0.2) is 70.3 Å². The largest absolute Gasteiger partial charge is 0.497 e. The summed E-state index contributed by atoms with van der Waals surface area (Å²) < 4.78 is 5.32. The smallest absolute Gasteiger partial charge is 0.322 e. The van der Waals surface area contributed by atoms with Gasteiger partial charge >= 0.3 is 6.03 Å². The van der Waals surface area contributed by atoms with Gasteiger partial charge in [-0.25, -0.2) is 9.78 Å². The first-order chi connectivity index (χ1) is 19.4. The molecule has 2 aliphatic rings. The molecule has 2 aliphatic heterocycles. The van der Waals surface area contributed by atoms with E-state index in [0.717, 1.165) is 41.8 Å². The van der Waals surface area contributed by atoms with E-state index in [1.165, 1.54) is 0 Å². The SMILES string of the molecule is COc1ccc2c(c1)CCN(C1CCN(C(=O)CCCC(=O)c3cc(C)c4nc(NC#N)[nH]c4c3)CC1)C(=O)N2. The van der Waals surface area contributed by atoms with Gasteiger partial charge in [0.05, 0.1) is 18.1 Å². The van der Waals surface area contributed by atoms with Gasteiger partial charge in [0.1, 0.15) is 5.75 Å². The first-order valence-corrected chi connectivity index (χ1v) is 13.6. The van der Waals surface area contributed by atoms with Crippen LogP contribution in [0, 0.1) is 18.4 Å². The maximum atomic E-state index is 12.9. The third-order valence-corrected chi connectivity index (χ3v) is 7.76. The maximum absolute atomic E-state index is 12.9. The number of H-pyrrole nitrogens is 1. The summed E-state index contributed by atoms with van der Waals surface area (Å²) in [6, 6.07) is 9.19. The second kappa shape index (κ2) is 11.7. The van der Waals surface area contributed by atoms with Crippen LogP contribution in [0.3, 0.4) is 0 Å². The number of hydrogen-bond acceptors (Lipinski definition) is 7. The lowest BCUT2D eigenvalue weighted by Crippen LogP contribution is -2.50. The predicted octanol–water partition coefficient (Wildman–Crippen LogP) is 4.21. The van der Waals surface area contributed by atoms with Crippen LogP contribution >= 0.6 is 0 Å². The number of urea groups is 1. The van der Waals surface area contributed by atoms with E-state index in [9.17, 15) is 14.4 Å². The first kappa shape index (κ1) is 27.0. The Morgan fingerprint density at radius 2 is 1.98 bits per heavy atom. The second-order valence-electron chi connectivity index (χ2n) is 10.3. The van der Waals surface area contributed by atoms with Crippen molar-refractivity contribution >= 4 is 40.4 Å². The molecule has 3 aromatic rings. The first-order valence-electron chi connectivity index (χ1n) is 13.6. The van der Waals surface area contributed by atoms with Crippen molar-refractivity contribution in [2.45, 2.75) is 51.5 Å². The van der Waals surface area contributed by atoms with E-state index in [0.29, 0.717) is 55.0 Å². The molecule has 3 N–H and O–H groups in total. The van der Waals surface area contributed by atoms with Crippen LogP contribution in [0.25, 0.3) is 11.0 Å². The number of piperidine rings is 1. The average molecular weight is 544 g/mol. The fourth-order valence-corrected chi connectivity index (χ4v) is 5.60. The Bertz CT molecular complexity index is 1480. The van der Waals surface area contributed by atoms with E-state index in [1.807, 2.05) is 41.1 Å². The summed E-state index contributed by atoms with van der Waals surface area (Å²) in [6.45, 7) is 3.68. The Morgan fingerprint density at radius 3 is 2.73 bits per heavy atom. The summed E-state index contributed by atoms with van der Waals surface area (Å²) in [7, 11) is 1.63. The fourth-order valence-electron chi connectivity index (χ4n) is 5.60. The molecule has 11 nitrogen and oxygen atoms in total. The van der Waals surface area contributed by atoms with Gasteiger partial charge in [-0.15, -0.1) is 0 Å². The topological polar surface area (TPSA) is 143 Å². The zero-order valence-electron chi connectivity index (χ0n) is 22.7. The fraction of sp³-hybridized carbons (Fsp3) is 0.414. The van der Waals surface area contributed by atoms with E-state index >= 15 is 0 Å². The third-order valence-electron chi connectivity index (χ3n) is 7.76. The number of imidazole rings is 1. The normalized spacial score (nSPS) is 15.7. The molecule has 11 heteroatoms. The lowest BCUT2D eigenvalue weighted by molar-refractivity contribution is -0.132. The van der Waals surface area contributed by atoms with Crippen molar-refractivity contribution in [2.75, 3.05) is 37.4 Å². The number of nitriles is 1. The molecule has 40 heavy (non-hydrogen) atoms. The van der Waals surface area contributed by atoms with Gasteiger partial charge in [0.15, 0.2) is 12.0 Å². The number of Topliss-reactive ketones (excluding diaryl/α,β-unsaturated/α-hetero) is 1. The van der Waals surface area contributed by atoms with E-state index in [2.05, 4.69) is 20.6 Å². The number of hydrogen-bond donors (Lipinski definition) is 3. The van der Waals surface area contributed by atoms with Gasteiger partial charge in [0.25, 0.3) is 0 Å². The highest BCUT2D eigenvalue weighted by Gasteiger charge is 2.31. The van der Waals surface area contributed by atoms with E-state index < -0.39 is 0 Å². The monoisotopic (exact) mass is 543 g/mol. The summed E-state index contributed by atoms with van der Waals surface area (Å²) >= 11 is 0. The molecule has 0 saturated carbocycles. The molecule has 0 radical (unpaired) electrons. The minimum atomic E-state index is -0.103. The molecular weight excluding hydrogens is 510 g/mol. The standard InChI is InChI=1S/C29H33N7O4/c1-18-14-20(16-24-27(18)34-28(32-24)31-17-30)25(37)4-3-5-26(38)35-11-9-21(10-12-35)36-13-8-19-15-22(40-2)6-7-23(19)33-29(36)39/h6-7,14-16,21H,3-5,8-13H2,1-2H3,(H,33,39)(H2,31,32,34). The number of aromatic amines is 1. The van der Waals surface area contributed by atoms with Gasteiger partial charge in [-0.05, 0) is 74.1 Å². The van der Waals surface area contributed by atoms with Crippen LogP contribution < -0.4 is 15.4 Å². The molecule has 1 aromatic heterocycles. The Hall–Kier alpha value is -4.59. The van der Waals surface area contributed by atoms with Crippen molar-refractivity contribution in [3.63, 3.8) is 0 Å². The average Bonchev–Trinajstić information content (AvgIpc) is 3.29. The number of ketones is 1. The van der Waals surface area contributed by atoms with Crippen molar-refractivity contribution < 1.29 is 19.1 Å². The Kier molecular flexibility index (Phi) is 7.86. The Labute approximate surface area is 232 Å². The van der Waals surface area contributed by atoms with Gasteiger partial charge in [-0.2, -0.15) is 5.26 Å². The molecule has 0 unspecified atom stereocenters. The van der Waals surface area contributed by atoms with Gasteiger partial charge < -0.3 is 24.8 Å². The van der Waals surface area contributed by atoms with E-state index in [1.54, 1.807) is 19.2 Å². The molecule has 0 spiro atoms. The van der Waals surface area contributed by atoms with Gasteiger partial charge in [-0.3, -0.25) is 14.9 Å². The third kappa shape index (κ3) is 5.71. The molecule has 3 heterocycles. The minimum absolute atomic E-state index is 0.0355. The van der Waals surface area contributed by atoms with Gasteiger partial charge in [0.2, 0.25) is 11.9 Å². The van der Waals surface area contributed by atoms with Crippen LogP contribution in [0.1, 0.15) is 53.6 Å². The summed E-state index contributed by atoms with van der Waals surface area (Å²) in [5.41, 5.74) is 4.65. The number of methoxy groups -OCH3 is 1. The summed E-state index contributed by atoms with van der Waals surface area (Å²) in [6.07, 6.45) is 5.06. The number of ether oxygens (including phenoxy) is 1. The van der Waals surface area contributed by atoms with Crippen molar-refractivity contribution in [2.24, 2.45) is 0 Å². The van der Waals surface area contributed by atoms with Gasteiger partial charge in [0, 0.05) is 49.8 Å². The lowest BCUT2D eigenvalue weighted by atomic mass is 10.0. The Morgan fingerprint density at radius 1 is 1.18 bits per heavy atom. The lowest BCUT2D eigenvalue weighted by Gasteiger charge is -2.38. The van der Waals surface area contributed by atoms with Crippen LogP contribution in [0.4, 0.5) is 16.4 Å². The molecule has 0 aliphatic carbocycles. The van der Waals surface area contributed by atoms with Gasteiger partial charge in [-0.1, -0.05) is 0 Å². The number of benzene rings is 2. The number of nitrogens with one attached hydrogen (secondary N) is 3. The number of carbonyl (C=O) groups excluding carboxylic acids is 3. The number of nitrogens with zero attached hydrogens (tertiary/aromatic N) is 4. The van der Waals surface area contributed by atoms with Crippen LogP contribution in [0.2, 0.25) is 0 Å². The van der Waals surface area contributed by atoms with Crippen molar-refractivity contribution in [1.82, 2.24) is 19.8 Å². The maximum Gasteiger partial charge on any atom is 0.322 e. The highest BCUT2D eigenvalue weighted by molar-refractivity contribution is 6.00.